The monoisotopic (exact) mass is 248 g/mol. The standard InChI is InChI=1S/C14H20N2O2/c1-10(16-6-5-12(8-16)15-2)11-3-4-13-14(7-11)18-9-17-13/h3-4,7,10,12,15H,5-6,8-9H2,1-2H3. The van der Waals surface area contributed by atoms with Gasteiger partial charge in [0.1, 0.15) is 0 Å². The van der Waals surface area contributed by atoms with E-state index in [4.69, 9.17) is 9.47 Å². The molecule has 4 heteroatoms. The molecule has 98 valence electrons. The van der Waals surface area contributed by atoms with Gasteiger partial charge in [-0.2, -0.15) is 0 Å². The number of nitrogens with zero attached hydrogens (tertiary/aromatic N) is 1. The van der Waals surface area contributed by atoms with Crippen LogP contribution in [0.4, 0.5) is 0 Å². The largest absolute Gasteiger partial charge is 0.454 e. The SMILES string of the molecule is CNC1CCN(C(C)c2ccc3c(c2)OCO3)C1. The van der Waals surface area contributed by atoms with Crippen LogP contribution in [-0.4, -0.2) is 37.9 Å². The molecule has 2 heterocycles. The number of likely N-dealkylation sites (N-methyl/N-ethyl adjacent to an activating group) is 1. The average Bonchev–Trinajstić information content (AvgIpc) is 3.05. The molecule has 0 bridgehead atoms. The van der Waals surface area contributed by atoms with Gasteiger partial charge in [0, 0.05) is 25.2 Å². The van der Waals surface area contributed by atoms with Gasteiger partial charge in [-0.1, -0.05) is 6.07 Å². The highest BCUT2D eigenvalue weighted by Crippen LogP contribution is 2.35. The highest BCUT2D eigenvalue weighted by atomic mass is 16.7. The number of hydrogen-bond acceptors (Lipinski definition) is 4. The molecule has 0 radical (unpaired) electrons. The Bertz CT molecular complexity index is 436. The molecule has 1 N–H and O–H groups in total. The van der Waals surface area contributed by atoms with Crippen LogP contribution in [-0.2, 0) is 0 Å². The summed E-state index contributed by atoms with van der Waals surface area (Å²) in [6.07, 6.45) is 1.23. The van der Waals surface area contributed by atoms with Crippen molar-refractivity contribution in [2.45, 2.75) is 25.4 Å². The first kappa shape index (κ1) is 11.8. The van der Waals surface area contributed by atoms with Crippen LogP contribution in [0.25, 0.3) is 0 Å². The van der Waals surface area contributed by atoms with E-state index in [2.05, 4.69) is 29.3 Å². The molecule has 0 aliphatic carbocycles. The number of ether oxygens (including phenoxy) is 2. The first-order chi connectivity index (χ1) is 8.78. The predicted molar refractivity (Wildman–Crippen MR) is 70.0 cm³/mol. The minimum atomic E-state index is 0.346. The number of rotatable bonds is 3. The number of hydrogen-bond donors (Lipinski definition) is 1. The molecule has 1 aromatic carbocycles. The third-order valence-electron chi connectivity index (χ3n) is 4.05. The second-order valence-corrected chi connectivity index (χ2v) is 5.06. The summed E-state index contributed by atoms with van der Waals surface area (Å²) in [5.74, 6) is 1.74. The Morgan fingerprint density at radius 1 is 1.33 bits per heavy atom. The highest BCUT2D eigenvalue weighted by Gasteiger charge is 2.26. The molecule has 4 nitrogen and oxygen atoms in total. The third-order valence-corrected chi connectivity index (χ3v) is 4.05. The molecule has 0 aromatic heterocycles. The molecule has 2 aliphatic heterocycles. The maximum atomic E-state index is 5.44. The van der Waals surface area contributed by atoms with E-state index in [9.17, 15) is 0 Å². The van der Waals surface area contributed by atoms with Gasteiger partial charge in [0.25, 0.3) is 0 Å². The number of nitrogens with one attached hydrogen (secondary N) is 1. The fraction of sp³-hybridized carbons (Fsp3) is 0.571. The van der Waals surface area contributed by atoms with Crippen LogP contribution in [0.5, 0.6) is 11.5 Å². The first-order valence-electron chi connectivity index (χ1n) is 6.59. The molecule has 2 aliphatic rings. The molecule has 1 aromatic rings. The Labute approximate surface area is 108 Å². The zero-order chi connectivity index (χ0) is 12.5. The summed E-state index contributed by atoms with van der Waals surface area (Å²) in [4.78, 5) is 2.51. The molecule has 18 heavy (non-hydrogen) atoms. The lowest BCUT2D eigenvalue weighted by Crippen LogP contribution is -2.31. The van der Waals surface area contributed by atoms with Gasteiger partial charge in [0.15, 0.2) is 11.5 Å². The van der Waals surface area contributed by atoms with Gasteiger partial charge >= 0.3 is 0 Å². The Morgan fingerprint density at radius 3 is 2.94 bits per heavy atom. The molecule has 3 rings (SSSR count). The lowest BCUT2D eigenvalue weighted by Gasteiger charge is -2.24. The summed E-state index contributed by atoms with van der Waals surface area (Å²) in [7, 11) is 2.04. The van der Waals surface area contributed by atoms with Crippen LogP contribution in [0.2, 0.25) is 0 Å². The second-order valence-electron chi connectivity index (χ2n) is 5.06. The van der Waals surface area contributed by atoms with Gasteiger partial charge in [-0.05, 0) is 38.1 Å². The highest BCUT2D eigenvalue weighted by molar-refractivity contribution is 5.45. The van der Waals surface area contributed by atoms with E-state index >= 15 is 0 Å². The molecule has 0 spiro atoms. The Kier molecular flexibility index (Phi) is 3.14. The fourth-order valence-corrected chi connectivity index (χ4v) is 2.76. The Balaban J connectivity index is 1.74. The van der Waals surface area contributed by atoms with E-state index < -0.39 is 0 Å². The van der Waals surface area contributed by atoms with Crippen molar-refractivity contribution in [1.82, 2.24) is 10.2 Å². The summed E-state index contributed by atoms with van der Waals surface area (Å²) in [5.41, 5.74) is 1.30. The maximum Gasteiger partial charge on any atom is 0.231 e. The predicted octanol–water partition coefficient (Wildman–Crippen LogP) is 1.77. The van der Waals surface area contributed by atoms with E-state index in [1.165, 1.54) is 12.0 Å². The van der Waals surface area contributed by atoms with Gasteiger partial charge in [-0.25, -0.2) is 0 Å². The van der Waals surface area contributed by atoms with E-state index in [1.54, 1.807) is 0 Å². The number of likely N-dealkylation sites (tertiary alicyclic amines) is 1. The van der Waals surface area contributed by atoms with Crippen molar-refractivity contribution in [1.29, 1.82) is 0 Å². The van der Waals surface area contributed by atoms with Crippen molar-refractivity contribution in [3.05, 3.63) is 23.8 Å². The van der Waals surface area contributed by atoms with Gasteiger partial charge in [0.2, 0.25) is 6.79 Å². The Hall–Kier alpha value is -1.26. The number of benzene rings is 1. The summed E-state index contributed by atoms with van der Waals surface area (Å²) in [5, 5.41) is 3.36. The summed E-state index contributed by atoms with van der Waals surface area (Å²) in [6, 6.07) is 7.32. The van der Waals surface area contributed by atoms with Gasteiger partial charge in [-0.3, -0.25) is 4.90 Å². The minimum Gasteiger partial charge on any atom is -0.454 e. The minimum absolute atomic E-state index is 0.346. The second kappa shape index (κ2) is 4.78. The fourth-order valence-electron chi connectivity index (χ4n) is 2.76. The molecule has 2 unspecified atom stereocenters. The molecular formula is C14H20N2O2. The van der Waals surface area contributed by atoms with Crippen LogP contribution in [0.3, 0.4) is 0 Å². The zero-order valence-corrected chi connectivity index (χ0v) is 11.0. The van der Waals surface area contributed by atoms with E-state index in [-0.39, 0.29) is 0 Å². The summed E-state index contributed by atoms with van der Waals surface area (Å²) >= 11 is 0. The lowest BCUT2D eigenvalue weighted by atomic mass is 10.1. The van der Waals surface area contributed by atoms with Gasteiger partial charge in [-0.15, -0.1) is 0 Å². The normalized spacial score (nSPS) is 24.4. The summed E-state index contributed by atoms with van der Waals surface area (Å²) in [6.45, 7) is 4.88. The van der Waals surface area contributed by atoms with E-state index in [0.29, 0.717) is 18.9 Å². The van der Waals surface area contributed by atoms with Crippen molar-refractivity contribution in [3.63, 3.8) is 0 Å². The van der Waals surface area contributed by atoms with Crippen LogP contribution in [0.15, 0.2) is 18.2 Å². The molecule has 1 fully saturated rings. The van der Waals surface area contributed by atoms with Crippen LogP contribution >= 0.6 is 0 Å². The molecule has 0 amide bonds. The quantitative estimate of drug-likeness (QED) is 0.884. The molecule has 2 atom stereocenters. The lowest BCUT2D eigenvalue weighted by molar-refractivity contribution is 0.174. The third kappa shape index (κ3) is 2.06. The van der Waals surface area contributed by atoms with Crippen molar-refractivity contribution in [2.75, 3.05) is 26.9 Å². The van der Waals surface area contributed by atoms with Gasteiger partial charge < -0.3 is 14.8 Å². The van der Waals surface area contributed by atoms with Crippen molar-refractivity contribution in [3.8, 4) is 11.5 Å². The van der Waals surface area contributed by atoms with E-state index in [1.807, 2.05) is 13.1 Å². The first-order valence-corrected chi connectivity index (χ1v) is 6.59. The number of fused-ring (bicyclic) bond motifs is 1. The van der Waals surface area contributed by atoms with Crippen molar-refractivity contribution in [2.24, 2.45) is 0 Å². The van der Waals surface area contributed by atoms with E-state index in [0.717, 1.165) is 24.6 Å². The van der Waals surface area contributed by atoms with Crippen LogP contribution in [0, 0.1) is 0 Å². The Morgan fingerprint density at radius 2 is 2.17 bits per heavy atom. The molecule has 1 saturated heterocycles. The summed E-state index contributed by atoms with van der Waals surface area (Å²) < 4.78 is 10.8. The van der Waals surface area contributed by atoms with Crippen LogP contribution < -0.4 is 14.8 Å². The van der Waals surface area contributed by atoms with Crippen molar-refractivity contribution < 1.29 is 9.47 Å². The maximum absolute atomic E-state index is 5.44. The smallest absolute Gasteiger partial charge is 0.231 e. The zero-order valence-electron chi connectivity index (χ0n) is 11.0. The van der Waals surface area contributed by atoms with Crippen molar-refractivity contribution >= 4 is 0 Å². The molecular weight excluding hydrogens is 228 g/mol. The topological polar surface area (TPSA) is 33.7 Å². The van der Waals surface area contributed by atoms with Gasteiger partial charge in [0.05, 0.1) is 0 Å². The molecule has 0 saturated carbocycles. The van der Waals surface area contributed by atoms with Crippen LogP contribution in [0.1, 0.15) is 24.9 Å². The average molecular weight is 248 g/mol.